The Morgan fingerprint density at radius 1 is 0.949 bits per heavy atom. The molecular weight excluding hydrogens is 586 g/mol. The maximum Gasteiger partial charge on any atom is 0.264 e. The topological polar surface area (TPSA) is 105 Å². The van der Waals surface area contributed by atoms with Gasteiger partial charge in [-0.25, -0.2) is 8.42 Å². The maximum absolute atomic E-state index is 13.9. The van der Waals surface area contributed by atoms with E-state index in [1.807, 2.05) is 24.3 Å². The highest BCUT2D eigenvalue weighted by atomic mass is 79.9. The number of rotatable bonds is 12. The van der Waals surface area contributed by atoms with Gasteiger partial charge in [-0.15, -0.1) is 0 Å². The second-order valence-corrected chi connectivity index (χ2v) is 11.4. The highest BCUT2D eigenvalue weighted by molar-refractivity contribution is 9.10. The molecule has 0 saturated heterocycles. The molecule has 3 rings (SSSR count). The normalized spacial score (nSPS) is 11.8. The van der Waals surface area contributed by atoms with Crippen molar-refractivity contribution >= 4 is 43.5 Å². The molecule has 0 bridgehead atoms. The minimum Gasteiger partial charge on any atom is -0.497 e. The van der Waals surface area contributed by atoms with Crippen molar-refractivity contribution in [2.45, 2.75) is 31.3 Å². The van der Waals surface area contributed by atoms with Crippen molar-refractivity contribution < 1.29 is 27.5 Å². The smallest absolute Gasteiger partial charge is 0.264 e. The number of nitrogens with zero attached hydrogens (tertiary/aromatic N) is 2. The zero-order valence-corrected chi connectivity index (χ0v) is 24.7. The number of likely N-dealkylation sites (N-methyl/N-ethyl adjacent to an activating group) is 1. The lowest BCUT2D eigenvalue weighted by molar-refractivity contribution is -0.139. The van der Waals surface area contributed by atoms with Crippen LogP contribution in [0.1, 0.15) is 19.4 Å². The van der Waals surface area contributed by atoms with E-state index in [0.717, 1.165) is 14.3 Å². The number of halogens is 1. The van der Waals surface area contributed by atoms with Crippen LogP contribution < -0.4 is 19.1 Å². The van der Waals surface area contributed by atoms with Gasteiger partial charge >= 0.3 is 0 Å². The van der Waals surface area contributed by atoms with Gasteiger partial charge < -0.3 is 19.7 Å². The molecule has 1 N–H and O–H groups in total. The number of sulfonamides is 1. The van der Waals surface area contributed by atoms with Crippen LogP contribution in [0.2, 0.25) is 0 Å². The molecule has 0 aromatic heterocycles. The predicted molar refractivity (Wildman–Crippen MR) is 153 cm³/mol. The number of anilines is 1. The van der Waals surface area contributed by atoms with Gasteiger partial charge in [-0.05, 0) is 67.9 Å². The Morgan fingerprint density at radius 3 is 2.18 bits per heavy atom. The molecule has 0 saturated carbocycles. The van der Waals surface area contributed by atoms with Gasteiger partial charge in [-0.2, -0.15) is 0 Å². The largest absolute Gasteiger partial charge is 0.497 e. The highest BCUT2D eigenvalue weighted by Gasteiger charge is 2.33. The van der Waals surface area contributed by atoms with Gasteiger partial charge in [0, 0.05) is 17.6 Å². The number of benzene rings is 3. The second kappa shape index (κ2) is 13.5. The summed E-state index contributed by atoms with van der Waals surface area (Å²) in [5.41, 5.74) is 0.975. The van der Waals surface area contributed by atoms with Gasteiger partial charge in [0.2, 0.25) is 11.8 Å². The van der Waals surface area contributed by atoms with Crippen molar-refractivity contribution in [1.82, 2.24) is 10.2 Å². The fourth-order valence-corrected chi connectivity index (χ4v) is 5.60. The number of hydrogen-bond donors (Lipinski definition) is 1. The van der Waals surface area contributed by atoms with E-state index in [1.165, 1.54) is 43.4 Å². The lowest BCUT2D eigenvalue weighted by atomic mass is 10.1. The Morgan fingerprint density at radius 2 is 1.59 bits per heavy atom. The van der Waals surface area contributed by atoms with Gasteiger partial charge in [-0.3, -0.25) is 13.9 Å². The quantitative estimate of drug-likeness (QED) is 0.326. The van der Waals surface area contributed by atoms with Crippen molar-refractivity contribution in [3.8, 4) is 11.5 Å². The van der Waals surface area contributed by atoms with E-state index in [1.54, 1.807) is 38.1 Å². The average molecular weight is 619 g/mol. The number of nitrogens with one attached hydrogen (secondary N) is 1. The molecule has 0 radical (unpaired) electrons. The van der Waals surface area contributed by atoms with Crippen LogP contribution in [0.5, 0.6) is 11.5 Å². The summed E-state index contributed by atoms with van der Waals surface area (Å²) in [5.74, 6) is -0.131. The van der Waals surface area contributed by atoms with Crippen LogP contribution in [0.3, 0.4) is 0 Å². The molecule has 9 nitrogen and oxygen atoms in total. The number of ether oxygens (including phenoxy) is 2. The Bertz CT molecular complexity index is 1380. The summed E-state index contributed by atoms with van der Waals surface area (Å²) in [5, 5.41) is 2.74. The van der Waals surface area contributed by atoms with E-state index in [-0.39, 0.29) is 28.8 Å². The van der Waals surface area contributed by atoms with Crippen molar-refractivity contribution in [3.05, 3.63) is 82.8 Å². The van der Waals surface area contributed by atoms with Gasteiger partial charge in [0.05, 0.1) is 24.8 Å². The molecule has 0 fully saturated rings. The first-order valence-corrected chi connectivity index (χ1v) is 14.5. The summed E-state index contributed by atoms with van der Waals surface area (Å²) in [6.45, 7) is 3.34. The summed E-state index contributed by atoms with van der Waals surface area (Å²) in [6.07, 6.45) is 0. The first-order valence-electron chi connectivity index (χ1n) is 12.2. The van der Waals surface area contributed by atoms with Crippen molar-refractivity contribution in [3.63, 3.8) is 0 Å². The van der Waals surface area contributed by atoms with E-state index in [2.05, 4.69) is 21.2 Å². The third-order valence-electron chi connectivity index (χ3n) is 6.06. The fraction of sp³-hybridized carbons (Fsp3) is 0.286. The molecule has 208 valence electrons. The Balaban J connectivity index is 2.06. The number of para-hydroxylation sites is 2. The SMILES string of the molecule is CCNC(=O)[C@@H](C)N(Cc1ccc(Br)cc1)C(=O)CN(c1ccccc1OC)S(=O)(=O)c1ccc(OC)cc1. The zero-order valence-electron chi connectivity index (χ0n) is 22.3. The van der Waals surface area contributed by atoms with Gasteiger partial charge in [0.15, 0.2) is 0 Å². The molecule has 0 unspecified atom stereocenters. The first kappa shape index (κ1) is 30.0. The minimum atomic E-state index is -4.23. The molecule has 0 spiro atoms. The van der Waals surface area contributed by atoms with E-state index >= 15 is 0 Å². The number of methoxy groups -OCH3 is 2. The van der Waals surface area contributed by atoms with Crippen LogP contribution in [0.4, 0.5) is 5.69 Å². The predicted octanol–water partition coefficient (Wildman–Crippen LogP) is 4.22. The molecule has 3 aromatic rings. The van der Waals surface area contributed by atoms with Crippen LogP contribution in [0.15, 0.2) is 82.2 Å². The van der Waals surface area contributed by atoms with Crippen LogP contribution in [-0.2, 0) is 26.2 Å². The van der Waals surface area contributed by atoms with Crippen molar-refractivity contribution in [2.75, 3.05) is 31.6 Å². The summed E-state index contributed by atoms with van der Waals surface area (Å²) >= 11 is 3.40. The summed E-state index contributed by atoms with van der Waals surface area (Å²) in [7, 11) is -1.32. The average Bonchev–Trinajstić information content (AvgIpc) is 2.95. The van der Waals surface area contributed by atoms with Crippen LogP contribution >= 0.6 is 15.9 Å². The summed E-state index contributed by atoms with van der Waals surface area (Å²) in [4.78, 5) is 28.0. The molecule has 1 atom stereocenters. The standard InChI is InChI=1S/C28H32BrN3O6S/c1-5-30-28(34)20(2)31(18-21-10-12-22(29)13-11-21)27(33)19-32(25-8-6-7-9-26(25)38-4)39(35,36)24-16-14-23(37-3)15-17-24/h6-17,20H,5,18-19H2,1-4H3,(H,30,34)/t20-/m1/s1. The number of carbonyl (C=O) groups is 2. The number of amides is 2. The van der Waals surface area contributed by atoms with Gasteiger partial charge in [0.1, 0.15) is 24.1 Å². The van der Waals surface area contributed by atoms with E-state index in [4.69, 9.17) is 9.47 Å². The molecule has 0 aliphatic carbocycles. The zero-order chi connectivity index (χ0) is 28.6. The lowest BCUT2D eigenvalue weighted by Gasteiger charge is -2.32. The molecule has 0 heterocycles. The lowest BCUT2D eigenvalue weighted by Crippen LogP contribution is -2.51. The minimum absolute atomic E-state index is 0.0294. The monoisotopic (exact) mass is 617 g/mol. The molecule has 0 aliphatic heterocycles. The molecule has 0 aliphatic rings. The summed E-state index contributed by atoms with van der Waals surface area (Å²) < 4.78 is 40.4. The van der Waals surface area contributed by atoms with Gasteiger partial charge in [0.25, 0.3) is 10.0 Å². The third kappa shape index (κ3) is 7.30. The third-order valence-corrected chi connectivity index (χ3v) is 8.37. The molecule has 39 heavy (non-hydrogen) atoms. The van der Waals surface area contributed by atoms with Gasteiger partial charge in [-0.1, -0.05) is 40.2 Å². The molecule has 2 amide bonds. The Hall–Kier alpha value is -3.57. The van der Waals surface area contributed by atoms with E-state index in [0.29, 0.717) is 12.3 Å². The maximum atomic E-state index is 13.9. The molecular formula is C28H32BrN3O6S. The van der Waals surface area contributed by atoms with Crippen molar-refractivity contribution in [2.24, 2.45) is 0 Å². The van der Waals surface area contributed by atoms with Crippen LogP contribution in [0, 0.1) is 0 Å². The molecule has 11 heteroatoms. The highest BCUT2D eigenvalue weighted by Crippen LogP contribution is 2.33. The summed E-state index contributed by atoms with van der Waals surface area (Å²) in [6, 6.07) is 18.9. The van der Waals surface area contributed by atoms with Crippen LogP contribution in [0.25, 0.3) is 0 Å². The number of hydrogen-bond acceptors (Lipinski definition) is 6. The fourth-order valence-electron chi connectivity index (χ4n) is 3.92. The molecule has 3 aromatic carbocycles. The Labute approximate surface area is 237 Å². The van der Waals surface area contributed by atoms with E-state index < -0.39 is 28.5 Å². The Kier molecular flexibility index (Phi) is 10.4. The first-order chi connectivity index (χ1) is 18.6. The van der Waals surface area contributed by atoms with Crippen LogP contribution in [-0.4, -0.2) is 58.5 Å². The second-order valence-electron chi connectivity index (χ2n) is 8.58. The van der Waals surface area contributed by atoms with E-state index in [9.17, 15) is 18.0 Å². The van der Waals surface area contributed by atoms with Crippen molar-refractivity contribution in [1.29, 1.82) is 0 Å². The number of carbonyl (C=O) groups excluding carboxylic acids is 2.